The van der Waals surface area contributed by atoms with Crippen LogP contribution in [-0.4, -0.2) is 58.6 Å². The average Bonchev–Trinajstić information content (AvgIpc) is 3.29. The Morgan fingerprint density at radius 3 is 2.76 bits per heavy atom. The Bertz CT molecular complexity index is 920. The maximum absolute atomic E-state index is 12.8. The quantitative estimate of drug-likeness (QED) is 0.787. The topological polar surface area (TPSA) is 96.6 Å². The van der Waals surface area contributed by atoms with Crippen molar-refractivity contribution in [2.24, 2.45) is 5.92 Å². The van der Waals surface area contributed by atoms with E-state index in [1.54, 1.807) is 17.9 Å². The first kappa shape index (κ1) is 16.7. The van der Waals surface area contributed by atoms with Crippen LogP contribution in [0.15, 0.2) is 16.0 Å². The summed E-state index contributed by atoms with van der Waals surface area (Å²) in [7, 11) is -3.44. The summed E-state index contributed by atoms with van der Waals surface area (Å²) in [6.07, 6.45) is 0. The third-order valence-corrected chi connectivity index (χ3v) is 7.82. The number of hydrogen-bond acceptors (Lipinski definition) is 7. The van der Waals surface area contributed by atoms with E-state index >= 15 is 0 Å². The lowest BCUT2D eigenvalue weighted by atomic mass is 10.1. The molecule has 0 unspecified atom stereocenters. The van der Waals surface area contributed by atoms with Gasteiger partial charge in [-0.15, -0.1) is 11.3 Å². The van der Waals surface area contributed by atoms with Crippen molar-refractivity contribution >= 4 is 27.3 Å². The van der Waals surface area contributed by atoms with Gasteiger partial charge in [0.1, 0.15) is 5.76 Å². The second kappa shape index (κ2) is 5.89. The number of likely N-dealkylation sites (tertiary alicyclic amines) is 1. The molecule has 2 aliphatic rings. The number of carbonyl (C=O) groups is 1. The zero-order valence-corrected chi connectivity index (χ0v) is 15.5. The molecule has 0 saturated carbocycles. The lowest BCUT2D eigenvalue weighted by Crippen LogP contribution is -2.36. The van der Waals surface area contributed by atoms with E-state index in [1.807, 2.05) is 12.3 Å². The van der Waals surface area contributed by atoms with Crippen LogP contribution in [0.4, 0.5) is 0 Å². The molecule has 0 radical (unpaired) electrons. The molecule has 2 aromatic rings. The van der Waals surface area contributed by atoms with Crippen LogP contribution in [0.5, 0.6) is 0 Å². The molecule has 134 valence electrons. The van der Waals surface area contributed by atoms with Gasteiger partial charge < -0.3 is 9.42 Å². The highest BCUT2D eigenvalue weighted by molar-refractivity contribution is 7.90. The third kappa shape index (κ3) is 2.87. The van der Waals surface area contributed by atoms with Gasteiger partial charge in [-0.2, -0.15) is 4.31 Å². The zero-order valence-electron chi connectivity index (χ0n) is 13.9. The number of rotatable bonds is 3. The predicted octanol–water partition coefficient (Wildman–Crippen LogP) is 1.03. The van der Waals surface area contributed by atoms with Crippen molar-refractivity contribution in [3.63, 3.8) is 0 Å². The van der Waals surface area contributed by atoms with E-state index in [4.69, 9.17) is 4.52 Å². The average molecular weight is 382 g/mol. The first-order valence-electron chi connectivity index (χ1n) is 7.97. The molecule has 2 saturated heterocycles. The molecule has 2 aromatic heterocycles. The fraction of sp³-hybridized carbons (Fsp3) is 0.533. The van der Waals surface area contributed by atoms with Gasteiger partial charge in [0.05, 0.1) is 22.5 Å². The summed E-state index contributed by atoms with van der Waals surface area (Å²) >= 11 is 1.51. The summed E-state index contributed by atoms with van der Waals surface area (Å²) in [4.78, 5) is 18.4. The number of thiazole rings is 1. The SMILES string of the molecule is Cc1cc(C(=O)N2C[C@@H]3CN(Cc4csc(C)n4)S(=O)(=O)[C@@H]3C2)no1. The van der Waals surface area contributed by atoms with E-state index in [0.29, 0.717) is 25.4 Å². The first-order chi connectivity index (χ1) is 11.8. The fourth-order valence-corrected chi connectivity index (χ4v) is 6.25. The number of carbonyl (C=O) groups excluding carboxylic acids is 1. The normalized spacial score (nSPS) is 25.4. The van der Waals surface area contributed by atoms with Crippen LogP contribution in [-0.2, 0) is 16.6 Å². The van der Waals surface area contributed by atoms with E-state index in [1.165, 1.54) is 15.6 Å². The van der Waals surface area contributed by atoms with Crippen LogP contribution in [0, 0.1) is 19.8 Å². The number of fused-ring (bicyclic) bond motifs is 1. The van der Waals surface area contributed by atoms with Crippen molar-refractivity contribution in [1.82, 2.24) is 19.3 Å². The molecule has 2 atom stereocenters. The summed E-state index contributed by atoms with van der Waals surface area (Å²) in [5.41, 5.74) is 1.00. The van der Waals surface area contributed by atoms with E-state index < -0.39 is 15.3 Å². The van der Waals surface area contributed by atoms with Crippen molar-refractivity contribution in [2.75, 3.05) is 19.6 Å². The maximum Gasteiger partial charge on any atom is 0.276 e. The predicted molar refractivity (Wildman–Crippen MR) is 90.6 cm³/mol. The van der Waals surface area contributed by atoms with Crippen molar-refractivity contribution in [2.45, 2.75) is 25.6 Å². The van der Waals surface area contributed by atoms with Gasteiger partial charge in [0.2, 0.25) is 10.0 Å². The third-order valence-electron chi connectivity index (χ3n) is 4.70. The molecule has 0 spiro atoms. The highest BCUT2D eigenvalue weighted by Crippen LogP contribution is 2.35. The van der Waals surface area contributed by atoms with Gasteiger partial charge in [-0.1, -0.05) is 5.16 Å². The minimum absolute atomic E-state index is 0.0818. The highest BCUT2D eigenvalue weighted by atomic mass is 32.2. The van der Waals surface area contributed by atoms with Crippen molar-refractivity contribution in [3.05, 3.63) is 33.6 Å². The van der Waals surface area contributed by atoms with Crippen LogP contribution in [0.1, 0.15) is 27.0 Å². The fourth-order valence-electron chi connectivity index (χ4n) is 3.52. The van der Waals surface area contributed by atoms with Gasteiger partial charge in [-0.25, -0.2) is 13.4 Å². The Hall–Kier alpha value is -1.78. The van der Waals surface area contributed by atoms with E-state index in [-0.39, 0.29) is 24.1 Å². The molecule has 4 rings (SSSR count). The smallest absolute Gasteiger partial charge is 0.276 e. The molecule has 2 aliphatic heterocycles. The molecule has 25 heavy (non-hydrogen) atoms. The molecule has 10 heteroatoms. The number of hydrogen-bond donors (Lipinski definition) is 0. The van der Waals surface area contributed by atoms with Crippen molar-refractivity contribution < 1.29 is 17.7 Å². The van der Waals surface area contributed by atoms with Crippen LogP contribution in [0.3, 0.4) is 0 Å². The molecule has 8 nitrogen and oxygen atoms in total. The number of nitrogens with zero attached hydrogens (tertiary/aromatic N) is 4. The Morgan fingerprint density at radius 1 is 1.36 bits per heavy atom. The Balaban J connectivity index is 1.48. The molecular weight excluding hydrogens is 364 g/mol. The van der Waals surface area contributed by atoms with Crippen LogP contribution in [0.2, 0.25) is 0 Å². The Labute approximate surface area is 149 Å². The lowest BCUT2D eigenvalue weighted by molar-refractivity contribution is 0.0774. The van der Waals surface area contributed by atoms with Crippen molar-refractivity contribution in [3.8, 4) is 0 Å². The van der Waals surface area contributed by atoms with Gasteiger partial charge in [0.15, 0.2) is 5.69 Å². The second-order valence-electron chi connectivity index (χ2n) is 6.53. The Kier molecular flexibility index (Phi) is 3.93. The number of amides is 1. The standard InChI is InChI=1S/C15H18N4O4S2/c1-9-3-13(17-23-9)15(20)18-4-11-5-19(25(21,22)14(11)7-18)6-12-8-24-10(2)16-12/h3,8,11,14H,4-7H2,1-2H3/t11-,14-/m1/s1. The number of aryl methyl sites for hydroxylation is 2. The molecule has 1 amide bonds. The molecule has 0 N–H and O–H groups in total. The molecule has 0 bridgehead atoms. The highest BCUT2D eigenvalue weighted by Gasteiger charge is 2.52. The summed E-state index contributed by atoms with van der Waals surface area (Å²) < 4.78 is 32.1. The summed E-state index contributed by atoms with van der Waals surface area (Å²) in [6, 6.07) is 1.57. The lowest BCUT2D eigenvalue weighted by Gasteiger charge is -2.20. The van der Waals surface area contributed by atoms with Gasteiger partial charge in [-0.3, -0.25) is 4.79 Å². The number of aromatic nitrogens is 2. The van der Waals surface area contributed by atoms with E-state index in [0.717, 1.165) is 10.7 Å². The minimum atomic E-state index is -3.44. The summed E-state index contributed by atoms with van der Waals surface area (Å²) in [5, 5.41) is 5.99. The monoisotopic (exact) mass is 382 g/mol. The van der Waals surface area contributed by atoms with Gasteiger partial charge >= 0.3 is 0 Å². The first-order valence-corrected chi connectivity index (χ1v) is 10.4. The van der Waals surface area contributed by atoms with E-state index in [2.05, 4.69) is 10.1 Å². The van der Waals surface area contributed by atoms with Gasteiger partial charge in [0, 0.05) is 37.0 Å². The minimum Gasteiger partial charge on any atom is -0.361 e. The molecule has 0 aromatic carbocycles. The molecule has 2 fully saturated rings. The van der Waals surface area contributed by atoms with E-state index in [9.17, 15) is 13.2 Å². The maximum atomic E-state index is 12.8. The van der Waals surface area contributed by atoms with Crippen LogP contribution >= 0.6 is 11.3 Å². The van der Waals surface area contributed by atoms with Gasteiger partial charge in [0.25, 0.3) is 5.91 Å². The van der Waals surface area contributed by atoms with Crippen molar-refractivity contribution in [1.29, 1.82) is 0 Å². The summed E-state index contributed by atoms with van der Waals surface area (Å²) in [5.74, 6) is 0.199. The molecular formula is C15H18N4O4S2. The zero-order chi connectivity index (χ0) is 17.8. The van der Waals surface area contributed by atoms with Gasteiger partial charge in [-0.05, 0) is 13.8 Å². The second-order valence-corrected chi connectivity index (χ2v) is 9.74. The number of sulfonamides is 1. The molecule has 4 heterocycles. The van der Waals surface area contributed by atoms with Crippen LogP contribution in [0.25, 0.3) is 0 Å². The largest absolute Gasteiger partial charge is 0.361 e. The molecule has 0 aliphatic carbocycles. The summed E-state index contributed by atoms with van der Waals surface area (Å²) in [6.45, 7) is 4.95. The Morgan fingerprint density at radius 2 is 2.16 bits per heavy atom. The van der Waals surface area contributed by atoms with Crippen LogP contribution < -0.4 is 0 Å².